The molecule has 0 radical (unpaired) electrons. The molecule has 0 unspecified atom stereocenters. The molecule has 2 aromatic carbocycles. The van der Waals surface area contributed by atoms with Crippen LogP contribution in [0.4, 0.5) is 5.95 Å². The zero-order valence-electron chi connectivity index (χ0n) is 12.4. The van der Waals surface area contributed by atoms with Gasteiger partial charge in [-0.15, -0.1) is 0 Å². The molecule has 5 nitrogen and oxygen atoms in total. The molecule has 5 heteroatoms. The molecule has 0 amide bonds. The van der Waals surface area contributed by atoms with E-state index in [0.717, 1.165) is 24.0 Å². The molecule has 0 spiro atoms. The SMILES string of the molecule is N#Cc1cccc2[nH]c(NCCc3c[nH]c4ccccc34)nc12. The first-order chi connectivity index (χ1) is 11.3. The van der Waals surface area contributed by atoms with Gasteiger partial charge < -0.3 is 15.3 Å². The third kappa shape index (κ3) is 2.40. The van der Waals surface area contributed by atoms with Gasteiger partial charge in [-0.25, -0.2) is 4.98 Å². The maximum absolute atomic E-state index is 9.12. The third-order valence-corrected chi connectivity index (χ3v) is 3.99. The highest BCUT2D eigenvalue weighted by Crippen LogP contribution is 2.20. The molecule has 0 atom stereocenters. The van der Waals surface area contributed by atoms with Crippen LogP contribution in [0, 0.1) is 11.3 Å². The molecule has 2 aromatic heterocycles. The van der Waals surface area contributed by atoms with Crippen molar-refractivity contribution in [2.75, 3.05) is 11.9 Å². The number of imidazole rings is 1. The standard InChI is InChI=1S/C18H15N5/c19-10-12-4-3-7-16-17(12)23-18(22-16)20-9-8-13-11-21-15-6-2-1-5-14(13)15/h1-7,11,21H,8-9H2,(H2,20,22,23). The Morgan fingerprint density at radius 3 is 2.87 bits per heavy atom. The minimum Gasteiger partial charge on any atom is -0.361 e. The predicted octanol–water partition coefficient (Wildman–Crippen LogP) is 3.57. The molecular weight excluding hydrogens is 286 g/mol. The van der Waals surface area contributed by atoms with Crippen molar-refractivity contribution in [3.8, 4) is 6.07 Å². The second kappa shape index (κ2) is 5.50. The van der Waals surface area contributed by atoms with E-state index < -0.39 is 0 Å². The number of nitrogens with one attached hydrogen (secondary N) is 3. The van der Waals surface area contributed by atoms with Gasteiger partial charge in [0.15, 0.2) is 0 Å². The number of aromatic nitrogens is 3. The molecule has 0 saturated heterocycles. The van der Waals surface area contributed by atoms with Crippen LogP contribution in [0.25, 0.3) is 21.9 Å². The lowest BCUT2D eigenvalue weighted by atomic mass is 10.1. The molecule has 3 N–H and O–H groups in total. The summed E-state index contributed by atoms with van der Waals surface area (Å²) in [7, 11) is 0. The highest BCUT2D eigenvalue weighted by Gasteiger charge is 2.07. The van der Waals surface area contributed by atoms with Gasteiger partial charge in [0, 0.05) is 23.6 Å². The topological polar surface area (TPSA) is 80.3 Å². The van der Waals surface area contributed by atoms with Gasteiger partial charge in [0.25, 0.3) is 0 Å². The molecule has 0 aliphatic rings. The molecule has 0 saturated carbocycles. The molecule has 0 bridgehead atoms. The Kier molecular flexibility index (Phi) is 3.21. The van der Waals surface area contributed by atoms with Crippen LogP contribution in [0.5, 0.6) is 0 Å². The van der Waals surface area contributed by atoms with Crippen LogP contribution in [-0.2, 0) is 6.42 Å². The minimum atomic E-state index is 0.587. The van der Waals surface area contributed by atoms with E-state index in [-0.39, 0.29) is 0 Å². The quantitative estimate of drug-likeness (QED) is 0.539. The van der Waals surface area contributed by atoms with E-state index in [4.69, 9.17) is 5.26 Å². The fourth-order valence-electron chi connectivity index (χ4n) is 2.86. The van der Waals surface area contributed by atoms with Gasteiger partial charge in [0.1, 0.15) is 11.6 Å². The Morgan fingerprint density at radius 1 is 1.09 bits per heavy atom. The van der Waals surface area contributed by atoms with Gasteiger partial charge in [-0.2, -0.15) is 5.26 Å². The molecular formula is C18H15N5. The van der Waals surface area contributed by atoms with Crippen LogP contribution in [0.2, 0.25) is 0 Å². The van der Waals surface area contributed by atoms with E-state index in [9.17, 15) is 0 Å². The van der Waals surface area contributed by atoms with Crippen molar-refractivity contribution in [3.63, 3.8) is 0 Å². The number of nitriles is 1. The molecule has 0 aliphatic heterocycles. The Morgan fingerprint density at radius 2 is 1.96 bits per heavy atom. The monoisotopic (exact) mass is 301 g/mol. The van der Waals surface area contributed by atoms with Crippen molar-refractivity contribution in [2.24, 2.45) is 0 Å². The number of nitrogens with zero attached hydrogens (tertiary/aromatic N) is 2. The summed E-state index contributed by atoms with van der Waals surface area (Å²) >= 11 is 0. The highest BCUT2D eigenvalue weighted by atomic mass is 15.1. The van der Waals surface area contributed by atoms with E-state index in [1.807, 2.05) is 18.2 Å². The van der Waals surface area contributed by atoms with E-state index in [1.165, 1.54) is 10.9 Å². The second-order valence-corrected chi connectivity index (χ2v) is 5.44. The summed E-state index contributed by atoms with van der Waals surface area (Å²) in [4.78, 5) is 11.0. The van der Waals surface area contributed by atoms with E-state index >= 15 is 0 Å². The van der Waals surface area contributed by atoms with E-state index in [0.29, 0.717) is 17.0 Å². The number of fused-ring (bicyclic) bond motifs is 2. The highest BCUT2D eigenvalue weighted by molar-refractivity contribution is 5.84. The maximum atomic E-state index is 9.12. The Balaban J connectivity index is 1.50. The summed E-state index contributed by atoms with van der Waals surface area (Å²) < 4.78 is 0. The number of hydrogen-bond donors (Lipinski definition) is 3. The van der Waals surface area contributed by atoms with Gasteiger partial charge >= 0.3 is 0 Å². The fraction of sp³-hybridized carbons (Fsp3) is 0.111. The molecule has 2 heterocycles. The Labute approximate surface area is 133 Å². The third-order valence-electron chi connectivity index (χ3n) is 3.99. The number of H-pyrrole nitrogens is 2. The number of para-hydroxylation sites is 2. The first-order valence-electron chi connectivity index (χ1n) is 7.53. The first kappa shape index (κ1) is 13.4. The minimum absolute atomic E-state index is 0.587. The lowest BCUT2D eigenvalue weighted by Crippen LogP contribution is -2.05. The first-order valence-corrected chi connectivity index (χ1v) is 7.53. The Hall–Kier alpha value is -3.26. The smallest absolute Gasteiger partial charge is 0.201 e. The predicted molar refractivity (Wildman–Crippen MR) is 91.3 cm³/mol. The summed E-state index contributed by atoms with van der Waals surface area (Å²) in [5.41, 5.74) is 4.61. The van der Waals surface area contributed by atoms with Crippen LogP contribution in [0.3, 0.4) is 0 Å². The van der Waals surface area contributed by atoms with Crippen molar-refractivity contribution in [3.05, 3.63) is 59.8 Å². The van der Waals surface area contributed by atoms with Gasteiger partial charge in [-0.05, 0) is 30.2 Å². The normalized spacial score (nSPS) is 10.9. The molecule has 0 fully saturated rings. The molecule has 0 aliphatic carbocycles. The summed E-state index contributed by atoms with van der Waals surface area (Å²) in [6.07, 6.45) is 2.95. The van der Waals surface area contributed by atoms with Crippen molar-refractivity contribution < 1.29 is 0 Å². The van der Waals surface area contributed by atoms with E-state index in [1.54, 1.807) is 6.07 Å². The number of aromatic amines is 2. The van der Waals surface area contributed by atoms with Gasteiger partial charge in [0.05, 0.1) is 11.1 Å². The summed E-state index contributed by atoms with van der Waals surface area (Å²) in [5.74, 6) is 0.697. The number of benzene rings is 2. The Bertz CT molecular complexity index is 1020. The van der Waals surface area contributed by atoms with Crippen molar-refractivity contribution >= 4 is 27.9 Å². The van der Waals surface area contributed by atoms with Crippen molar-refractivity contribution in [2.45, 2.75) is 6.42 Å². The van der Waals surface area contributed by atoms with Crippen LogP contribution >= 0.6 is 0 Å². The molecule has 4 rings (SSSR count). The van der Waals surface area contributed by atoms with Crippen LogP contribution in [0.15, 0.2) is 48.7 Å². The lowest BCUT2D eigenvalue weighted by molar-refractivity contribution is 1.01. The van der Waals surface area contributed by atoms with Crippen LogP contribution < -0.4 is 5.32 Å². The van der Waals surface area contributed by atoms with Gasteiger partial charge in [-0.3, -0.25) is 0 Å². The largest absolute Gasteiger partial charge is 0.361 e. The summed E-state index contributed by atoms with van der Waals surface area (Å²) in [5, 5.41) is 13.7. The van der Waals surface area contributed by atoms with Gasteiger partial charge in [0.2, 0.25) is 5.95 Å². The van der Waals surface area contributed by atoms with Crippen LogP contribution in [0.1, 0.15) is 11.1 Å². The zero-order valence-corrected chi connectivity index (χ0v) is 12.4. The molecule has 23 heavy (non-hydrogen) atoms. The summed E-state index contributed by atoms with van der Waals surface area (Å²) in [6, 6.07) is 16.0. The van der Waals surface area contributed by atoms with E-state index in [2.05, 4.69) is 50.7 Å². The van der Waals surface area contributed by atoms with Gasteiger partial charge in [-0.1, -0.05) is 24.3 Å². The number of rotatable bonds is 4. The van der Waals surface area contributed by atoms with Crippen molar-refractivity contribution in [1.82, 2.24) is 15.0 Å². The lowest BCUT2D eigenvalue weighted by Gasteiger charge is -2.02. The fourth-order valence-corrected chi connectivity index (χ4v) is 2.86. The number of hydrogen-bond acceptors (Lipinski definition) is 3. The maximum Gasteiger partial charge on any atom is 0.201 e. The average Bonchev–Trinajstić information content (AvgIpc) is 3.18. The van der Waals surface area contributed by atoms with Crippen molar-refractivity contribution in [1.29, 1.82) is 5.26 Å². The van der Waals surface area contributed by atoms with Crippen LogP contribution in [-0.4, -0.2) is 21.5 Å². The summed E-state index contributed by atoms with van der Waals surface area (Å²) in [6.45, 7) is 0.767. The molecule has 4 aromatic rings. The second-order valence-electron chi connectivity index (χ2n) is 5.44. The number of anilines is 1. The zero-order chi connectivity index (χ0) is 15.6. The molecule has 112 valence electrons. The average molecular weight is 301 g/mol.